The zero-order chi connectivity index (χ0) is 16.6. The van der Waals surface area contributed by atoms with E-state index in [1.807, 2.05) is 18.2 Å². The van der Waals surface area contributed by atoms with E-state index in [9.17, 15) is 4.79 Å². The Kier molecular flexibility index (Phi) is 4.06. The van der Waals surface area contributed by atoms with Crippen molar-refractivity contribution in [2.24, 2.45) is 0 Å². The van der Waals surface area contributed by atoms with Gasteiger partial charge in [-0.05, 0) is 31.4 Å². The molecule has 0 radical (unpaired) electrons. The third-order valence-corrected chi connectivity index (χ3v) is 5.39. The Hall–Kier alpha value is -1.85. The quantitative estimate of drug-likeness (QED) is 0.921. The van der Waals surface area contributed by atoms with Crippen molar-refractivity contribution in [2.75, 3.05) is 26.2 Å². The summed E-state index contributed by atoms with van der Waals surface area (Å²) in [5.74, 6) is 1.17. The van der Waals surface area contributed by atoms with Crippen molar-refractivity contribution in [1.82, 2.24) is 10.2 Å². The molecule has 2 aliphatic rings. The summed E-state index contributed by atoms with van der Waals surface area (Å²) in [7, 11) is 0. The number of hydrogen-bond acceptors (Lipinski definition) is 4. The molecule has 1 aromatic carbocycles. The van der Waals surface area contributed by atoms with Crippen LogP contribution in [0.5, 0.6) is 0 Å². The lowest BCUT2D eigenvalue weighted by molar-refractivity contribution is -0.128. The summed E-state index contributed by atoms with van der Waals surface area (Å²) in [6.45, 7) is 6.07. The number of para-hydroxylation sites is 1. The average Bonchev–Trinajstić information content (AvgIpc) is 2.78. The minimum absolute atomic E-state index is 0.120. The molecule has 0 unspecified atom stereocenters. The molecule has 2 fully saturated rings. The van der Waals surface area contributed by atoms with Gasteiger partial charge in [0.1, 0.15) is 11.3 Å². The summed E-state index contributed by atoms with van der Waals surface area (Å²) < 4.78 is 12.1. The maximum absolute atomic E-state index is 11.9. The number of fused-ring (bicyclic) bond motifs is 1. The monoisotopic (exact) mass is 328 g/mol. The highest BCUT2D eigenvalue weighted by molar-refractivity contribution is 5.81. The molecule has 0 aliphatic carbocycles. The molecule has 1 amide bonds. The number of carbonyl (C=O) groups is 1. The van der Waals surface area contributed by atoms with Crippen LogP contribution in [0.25, 0.3) is 11.0 Å². The SMILES string of the molecule is Cc1c(CN2CCC3(CC2)CC(=O)NCCO3)oc2ccccc12. The van der Waals surface area contributed by atoms with Crippen molar-refractivity contribution < 1.29 is 13.9 Å². The number of amides is 1. The number of likely N-dealkylation sites (tertiary alicyclic amines) is 1. The van der Waals surface area contributed by atoms with Gasteiger partial charge in [0.15, 0.2) is 0 Å². The zero-order valence-electron chi connectivity index (χ0n) is 14.1. The minimum Gasteiger partial charge on any atom is -0.459 e. The van der Waals surface area contributed by atoms with Crippen molar-refractivity contribution >= 4 is 16.9 Å². The van der Waals surface area contributed by atoms with Gasteiger partial charge in [-0.25, -0.2) is 0 Å². The normalized spacial score (nSPS) is 21.8. The van der Waals surface area contributed by atoms with Gasteiger partial charge < -0.3 is 14.5 Å². The topological polar surface area (TPSA) is 54.7 Å². The standard InChI is InChI=1S/C19H24N2O3/c1-14-15-4-2-3-5-16(15)24-17(14)13-21-9-6-19(7-10-21)12-18(22)20-8-11-23-19/h2-5H,6-13H2,1H3,(H,20,22). The van der Waals surface area contributed by atoms with Gasteiger partial charge in [-0.1, -0.05) is 18.2 Å². The number of nitrogens with one attached hydrogen (secondary N) is 1. The number of ether oxygens (including phenoxy) is 1. The molecule has 24 heavy (non-hydrogen) atoms. The molecule has 0 atom stereocenters. The second-order valence-corrected chi connectivity index (χ2v) is 6.98. The fourth-order valence-electron chi connectivity index (χ4n) is 3.88. The van der Waals surface area contributed by atoms with Crippen LogP contribution < -0.4 is 5.32 Å². The maximum Gasteiger partial charge on any atom is 0.222 e. The highest BCUT2D eigenvalue weighted by Crippen LogP contribution is 2.32. The number of rotatable bonds is 2. The van der Waals surface area contributed by atoms with E-state index in [0.717, 1.165) is 43.8 Å². The molecular formula is C19H24N2O3. The van der Waals surface area contributed by atoms with Crippen LogP contribution in [0.3, 0.4) is 0 Å². The molecule has 0 saturated carbocycles. The highest BCUT2D eigenvalue weighted by atomic mass is 16.5. The molecule has 5 heteroatoms. The second kappa shape index (κ2) is 6.22. The highest BCUT2D eigenvalue weighted by Gasteiger charge is 2.39. The lowest BCUT2D eigenvalue weighted by Gasteiger charge is -2.40. The largest absolute Gasteiger partial charge is 0.459 e. The Labute approximate surface area is 141 Å². The molecule has 5 nitrogen and oxygen atoms in total. The van der Waals surface area contributed by atoms with Crippen LogP contribution >= 0.6 is 0 Å². The number of benzene rings is 1. The van der Waals surface area contributed by atoms with E-state index in [1.165, 1.54) is 10.9 Å². The van der Waals surface area contributed by atoms with Crippen molar-refractivity contribution in [3.05, 3.63) is 35.6 Å². The lowest BCUT2D eigenvalue weighted by Crippen LogP contribution is -2.46. The van der Waals surface area contributed by atoms with Gasteiger partial charge in [0, 0.05) is 25.0 Å². The Morgan fingerprint density at radius 3 is 2.83 bits per heavy atom. The van der Waals surface area contributed by atoms with Crippen molar-refractivity contribution in [3.8, 4) is 0 Å². The third kappa shape index (κ3) is 2.94. The molecule has 2 aromatic rings. The first-order valence-corrected chi connectivity index (χ1v) is 8.75. The predicted molar refractivity (Wildman–Crippen MR) is 91.8 cm³/mol. The molecule has 3 heterocycles. The predicted octanol–water partition coefficient (Wildman–Crippen LogP) is 2.61. The van der Waals surface area contributed by atoms with Gasteiger partial charge >= 0.3 is 0 Å². The van der Waals surface area contributed by atoms with E-state index in [2.05, 4.69) is 23.2 Å². The summed E-state index contributed by atoms with van der Waals surface area (Å²) in [4.78, 5) is 14.3. The van der Waals surface area contributed by atoms with Crippen LogP contribution in [-0.2, 0) is 16.1 Å². The fraction of sp³-hybridized carbons (Fsp3) is 0.526. The van der Waals surface area contributed by atoms with Crippen molar-refractivity contribution in [2.45, 2.75) is 38.3 Å². The molecule has 1 N–H and O–H groups in total. The molecule has 2 saturated heterocycles. The number of hydrogen-bond donors (Lipinski definition) is 1. The number of nitrogens with zero attached hydrogens (tertiary/aromatic N) is 1. The summed E-state index contributed by atoms with van der Waals surface area (Å²) in [6.07, 6.45) is 2.30. The van der Waals surface area contributed by atoms with Gasteiger partial charge in [-0.2, -0.15) is 0 Å². The molecular weight excluding hydrogens is 304 g/mol. The van der Waals surface area contributed by atoms with Crippen molar-refractivity contribution in [1.29, 1.82) is 0 Å². The van der Waals surface area contributed by atoms with Gasteiger partial charge in [0.25, 0.3) is 0 Å². The van der Waals surface area contributed by atoms with Crippen LogP contribution in [0, 0.1) is 6.92 Å². The van der Waals surface area contributed by atoms with E-state index in [-0.39, 0.29) is 11.5 Å². The molecule has 128 valence electrons. The molecule has 1 aromatic heterocycles. The second-order valence-electron chi connectivity index (χ2n) is 6.98. The van der Waals surface area contributed by atoms with Gasteiger partial charge in [-0.15, -0.1) is 0 Å². The zero-order valence-corrected chi connectivity index (χ0v) is 14.1. The van der Waals surface area contributed by atoms with Crippen LogP contribution in [0.2, 0.25) is 0 Å². The summed E-state index contributed by atoms with van der Waals surface area (Å²) in [6, 6.07) is 8.19. The fourth-order valence-corrected chi connectivity index (χ4v) is 3.88. The van der Waals surface area contributed by atoms with Gasteiger partial charge in [0.2, 0.25) is 5.91 Å². The maximum atomic E-state index is 11.9. The molecule has 4 rings (SSSR count). The first kappa shape index (κ1) is 15.7. The van der Waals surface area contributed by atoms with E-state index >= 15 is 0 Å². The smallest absolute Gasteiger partial charge is 0.222 e. The molecule has 1 spiro atoms. The van der Waals surface area contributed by atoms with Gasteiger partial charge in [0.05, 0.1) is 25.2 Å². The summed E-state index contributed by atoms with van der Waals surface area (Å²) in [5, 5.41) is 4.10. The average molecular weight is 328 g/mol. The number of furan rings is 1. The molecule has 2 aliphatic heterocycles. The number of aryl methyl sites for hydroxylation is 1. The van der Waals surface area contributed by atoms with E-state index in [4.69, 9.17) is 9.15 Å². The Morgan fingerprint density at radius 2 is 2.04 bits per heavy atom. The third-order valence-electron chi connectivity index (χ3n) is 5.39. The first-order chi connectivity index (χ1) is 11.7. The molecule has 0 bridgehead atoms. The van der Waals surface area contributed by atoms with Crippen LogP contribution in [0.4, 0.5) is 0 Å². The van der Waals surface area contributed by atoms with Crippen LogP contribution in [-0.4, -0.2) is 42.6 Å². The summed E-state index contributed by atoms with van der Waals surface area (Å²) >= 11 is 0. The van der Waals surface area contributed by atoms with Crippen LogP contribution in [0.15, 0.2) is 28.7 Å². The Bertz CT molecular complexity index is 744. The van der Waals surface area contributed by atoms with E-state index < -0.39 is 0 Å². The van der Waals surface area contributed by atoms with Crippen LogP contribution in [0.1, 0.15) is 30.6 Å². The number of carbonyl (C=O) groups excluding carboxylic acids is 1. The number of piperidine rings is 1. The van der Waals surface area contributed by atoms with Gasteiger partial charge in [-0.3, -0.25) is 9.69 Å². The Balaban J connectivity index is 1.44. The van der Waals surface area contributed by atoms with Crippen molar-refractivity contribution in [3.63, 3.8) is 0 Å². The Morgan fingerprint density at radius 1 is 1.25 bits per heavy atom. The van der Waals surface area contributed by atoms with E-state index in [1.54, 1.807) is 0 Å². The lowest BCUT2D eigenvalue weighted by atomic mass is 9.87. The minimum atomic E-state index is -0.264. The van der Waals surface area contributed by atoms with E-state index in [0.29, 0.717) is 19.6 Å². The summed E-state index contributed by atoms with van der Waals surface area (Å²) in [5.41, 5.74) is 1.93. The first-order valence-electron chi connectivity index (χ1n) is 8.75.